The van der Waals surface area contributed by atoms with Gasteiger partial charge in [-0.3, -0.25) is 9.89 Å². The Kier molecular flexibility index (Phi) is 6.53. The van der Waals surface area contributed by atoms with Crippen LogP contribution in [0, 0.1) is 0 Å². The Labute approximate surface area is 207 Å². The van der Waals surface area contributed by atoms with E-state index < -0.39 is 5.97 Å². The number of methoxy groups -OCH3 is 1. The van der Waals surface area contributed by atoms with Crippen molar-refractivity contribution in [1.82, 2.24) is 19.8 Å². The number of nitrogens with one attached hydrogen (secondary N) is 2. The molecule has 0 bridgehead atoms. The van der Waals surface area contributed by atoms with Crippen LogP contribution < -0.4 is 10.1 Å². The smallest absolute Gasteiger partial charge is 0.337 e. The molecular formula is C25H26ClN5O4. The standard InChI is InChI=1S/C25H26ClN5O4/c1-6-35-18-12-11-16(21-28-22-19(26)20(25(2,3)4)29-31(22)30-21)13-17(18)27-23(32)14-7-9-15(10-8-14)24(33)34-5/h7-13,29H,6H2,1-5H3,(H,27,32). The van der Waals surface area contributed by atoms with E-state index in [2.05, 4.69) is 41.3 Å². The van der Waals surface area contributed by atoms with Crippen molar-refractivity contribution in [2.75, 3.05) is 19.0 Å². The van der Waals surface area contributed by atoms with Crippen molar-refractivity contribution in [3.05, 3.63) is 64.3 Å². The van der Waals surface area contributed by atoms with Crippen LogP contribution in [0.3, 0.4) is 0 Å². The van der Waals surface area contributed by atoms with Gasteiger partial charge in [-0.05, 0) is 49.4 Å². The highest BCUT2D eigenvalue weighted by molar-refractivity contribution is 6.34. The second-order valence-corrected chi connectivity index (χ2v) is 9.27. The largest absolute Gasteiger partial charge is 0.492 e. The van der Waals surface area contributed by atoms with Crippen LogP contribution in [0.2, 0.25) is 5.02 Å². The molecule has 0 saturated carbocycles. The molecule has 0 saturated heterocycles. The Hall–Kier alpha value is -3.85. The number of benzene rings is 2. The SMILES string of the molecule is CCOc1ccc(-c2nc3c(Cl)c(C(C)(C)C)[nH]n3n2)cc1NC(=O)c1ccc(C(=O)OC)cc1. The summed E-state index contributed by atoms with van der Waals surface area (Å²) in [5.74, 6) is 0.122. The summed E-state index contributed by atoms with van der Waals surface area (Å²) >= 11 is 6.56. The summed E-state index contributed by atoms with van der Waals surface area (Å²) in [7, 11) is 1.30. The maximum Gasteiger partial charge on any atom is 0.337 e. The maximum absolute atomic E-state index is 12.9. The molecule has 1 amide bonds. The number of ether oxygens (including phenoxy) is 2. The molecule has 2 N–H and O–H groups in total. The zero-order chi connectivity index (χ0) is 25.3. The summed E-state index contributed by atoms with van der Waals surface area (Å²) in [6.07, 6.45) is 0. The highest BCUT2D eigenvalue weighted by Gasteiger charge is 2.24. The van der Waals surface area contributed by atoms with E-state index in [1.54, 1.807) is 28.9 Å². The molecule has 0 radical (unpaired) electrons. The number of rotatable bonds is 6. The van der Waals surface area contributed by atoms with Crippen LogP contribution in [0.15, 0.2) is 42.5 Å². The molecule has 10 heteroatoms. The first-order chi connectivity index (χ1) is 16.6. The molecule has 2 aromatic carbocycles. The number of carbonyl (C=O) groups excluding carboxylic acids is 2. The van der Waals surface area contributed by atoms with E-state index in [0.717, 1.165) is 5.69 Å². The molecule has 4 rings (SSSR count). The van der Waals surface area contributed by atoms with Crippen LogP contribution in [0.1, 0.15) is 54.1 Å². The normalized spacial score (nSPS) is 11.5. The molecule has 4 aromatic rings. The van der Waals surface area contributed by atoms with Crippen molar-refractivity contribution in [3.8, 4) is 17.1 Å². The first-order valence-corrected chi connectivity index (χ1v) is 11.4. The fourth-order valence-corrected chi connectivity index (χ4v) is 3.98. The number of hydrogen-bond acceptors (Lipinski definition) is 6. The van der Waals surface area contributed by atoms with Crippen molar-refractivity contribution >= 4 is 34.8 Å². The van der Waals surface area contributed by atoms with Crippen molar-refractivity contribution in [2.24, 2.45) is 0 Å². The average Bonchev–Trinajstić information content (AvgIpc) is 3.39. The third-order valence-corrected chi connectivity index (χ3v) is 5.70. The summed E-state index contributed by atoms with van der Waals surface area (Å²) < 4.78 is 11.9. The third-order valence-electron chi connectivity index (χ3n) is 5.34. The van der Waals surface area contributed by atoms with Gasteiger partial charge in [0.2, 0.25) is 0 Å². The van der Waals surface area contributed by atoms with Gasteiger partial charge in [-0.15, -0.1) is 5.10 Å². The van der Waals surface area contributed by atoms with E-state index in [0.29, 0.717) is 51.2 Å². The third kappa shape index (κ3) is 4.85. The van der Waals surface area contributed by atoms with Crippen LogP contribution >= 0.6 is 11.6 Å². The Balaban J connectivity index is 1.65. The topological polar surface area (TPSA) is 111 Å². The van der Waals surface area contributed by atoms with Crippen molar-refractivity contribution in [3.63, 3.8) is 0 Å². The summed E-state index contributed by atoms with van der Waals surface area (Å²) in [6, 6.07) is 11.5. The van der Waals surface area contributed by atoms with Gasteiger partial charge in [0.25, 0.3) is 5.91 Å². The minimum Gasteiger partial charge on any atom is -0.492 e. The lowest BCUT2D eigenvalue weighted by molar-refractivity contribution is 0.0600. The summed E-state index contributed by atoms with van der Waals surface area (Å²) in [4.78, 5) is 29.1. The molecule has 9 nitrogen and oxygen atoms in total. The number of carbonyl (C=O) groups is 2. The summed E-state index contributed by atoms with van der Waals surface area (Å²) in [5, 5.41) is 11.1. The fourth-order valence-electron chi connectivity index (χ4n) is 3.54. The number of H-pyrrole nitrogens is 1. The van der Waals surface area contributed by atoms with Crippen molar-refractivity contribution in [1.29, 1.82) is 0 Å². The van der Waals surface area contributed by atoms with Gasteiger partial charge in [0.05, 0.1) is 30.7 Å². The molecule has 35 heavy (non-hydrogen) atoms. The number of aromatic nitrogens is 4. The molecule has 2 aromatic heterocycles. The lowest BCUT2D eigenvalue weighted by atomic mass is 9.92. The number of esters is 1. The number of anilines is 1. The number of fused-ring (bicyclic) bond motifs is 1. The van der Waals surface area contributed by atoms with Gasteiger partial charge in [-0.25, -0.2) is 9.78 Å². The monoisotopic (exact) mass is 495 g/mol. The van der Waals surface area contributed by atoms with E-state index in [1.165, 1.54) is 19.2 Å². The lowest BCUT2D eigenvalue weighted by Gasteiger charge is -2.16. The molecule has 0 spiro atoms. The lowest BCUT2D eigenvalue weighted by Crippen LogP contribution is -2.13. The molecular weight excluding hydrogens is 470 g/mol. The Morgan fingerprint density at radius 2 is 1.80 bits per heavy atom. The number of hydrogen-bond donors (Lipinski definition) is 2. The summed E-state index contributed by atoms with van der Waals surface area (Å²) in [5.41, 5.74) is 3.05. The van der Waals surface area contributed by atoms with Gasteiger partial charge >= 0.3 is 5.97 Å². The van der Waals surface area contributed by atoms with Crippen molar-refractivity contribution < 1.29 is 19.1 Å². The van der Waals surface area contributed by atoms with Gasteiger partial charge < -0.3 is 14.8 Å². The molecule has 0 unspecified atom stereocenters. The van der Waals surface area contributed by atoms with Crippen molar-refractivity contribution in [2.45, 2.75) is 33.1 Å². The molecule has 0 fully saturated rings. The quantitative estimate of drug-likeness (QED) is 0.359. The van der Waals surface area contributed by atoms with Crippen LogP contribution in [-0.4, -0.2) is 45.4 Å². The second-order valence-electron chi connectivity index (χ2n) is 8.89. The maximum atomic E-state index is 12.9. The zero-order valence-corrected chi connectivity index (χ0v) is 20.9. The van der Waals surface area contributed by atoms with Gasteiger partial charge in [-0.2, -0.15) is 4.63 Å². The molecule has 0 aliphatic carbocycles. The molecule has 0 aliphatic heterocycles. The van der Waals surface area contributed by atoms with Gasteiger partial charge in [0.15, 0.2) is 11.5 Å². The Bertz CT molecular complexity index is 1400. The first kappa shape index (κ1) is 24.3. The van der Waals surface area contributed by atoms with E-state index >= 15 is 0 Å². The molecule has 182 valence electrons. The number of halogens is 1. The van der Waals surface area contributed by atoms with Crippen LogP contribution in [0.25, 0.3) is 17.0 Å². The minimum atomic E-state index is -0.471. The van der Waals surface area contributed by atoms with Crippen LogP contribution in [-0.2, 0) is 10.2 Å². The Morgan fingerprint density at radius 3 is 2.40 bits per heavy atom. The predicted octanol–water partition coefficient (Wildman–Crippen LogP) is 5.11. The minimum absolute atomic E-state index is 0.189. The fraction of sp³-hybridized carbons (Fsp3) is 0.280. The highest BCUT2D eigenvalue weighted by atomic mass is 35.5. The molecule has 2 heterocycles. The zero-order valence-electron chi connectivity index (χ0n) is 20.1. The number of nitrogens with zero attached hydrogens (tertiary/aromatic N) is 3. The number of aromatic amines is 1. The highest BCUT2D eigenvalue weighted by Crippen LogP contribution is 2.34. The molecule has 0 atom stereocenters. The van der Waals surface area contributed by atoms with Gasteiger partial charge in [0, 0.05) is 16.5 Å². The van der Waals surface area contributed by atoms with E-state index in [1.807, 2.05) is 13.0 Å². The average molecular weight is 496 g/mol. The van der Waals surface area contributed by atoms with Gasteiger partial charge in [0.1, 0.15) is 10.8 Å². The van der Waals surface area contributed by atoms with E-state index in [-0.39, 0.29) is 11.3 Å². The van der Waals surface area contributed by atoms with Crippen LogP contribution in [0.5, 0.6) is 5.75 Å². The number of amides is 1. The van der Waals surface area contributed by atoms with E-state index in [4.69, 9.17) is 21.1 Å². The second kappa shape index (κ2) is 9.42. The Morgan fingerprint density at radius 1 is 1.11 bits per heavy atom. The van der Waals surface area contributed by atoms with Gasteiger partial charge in [-0.1, -0.05) is 32.4 Å². The first-order valence-electron chi connectivity index (χ1n) is 11.0. The molecule has 0 aliphatic rings. The predicted molar refractivity (Wildman–Crippen MR) is 133 cm³/mol. The summed E-state index contributed by atoms with van der Waals surface area (Å²) in [6.45, 7) is 8.44. The van der Waals surface area contributed by atoms with E-state index in [9.17, 15) is 9.59 Å². The van der Waals surface area contributed by atoms with Crippen LogP contribution in [0.4, 0.5) is 5.69 Å².